The van der Waals surface area contributed by atoms with E-state index in [2.05, 4.69) is 11.0 Å². The molecule has 0 aliphatic carbocycles. The Balaban J connectivity index is 1.54. The van der Waals surface area contributed by atoms with E-state index in [0.717, 1.165) is 42.5 Å². The van der Waals surface area contributed by atoms with Crippen LogP contribution in [0.25, 0.3) is 0 Å². The van der Waals surface area contributed by atoms with Gasteiger partial charge >= 0.3 is 0 Å². The molecule has 0 aromatic heterocycles. The molecule has 142 valence electrons. The fraction of sp³-hybridized carbons (Fsp3) is 0.571. The summed E-state index contributed by atoms with van der Waals surface area (Å²) in [5.41, 5.74) is 3.29. The van der Waals surface area contributed by atoms with Gasteiger partial charge in [-0.25, -0.2) is 4.99 Å². The fourth-order valence-electron chi connectivity index (χ4n) is 6.54. The molecule has 1 aromatic rings. The van der Waals surface area contributed by atoms with Crippen molar-refractivity contribution in [2.24, 2.45) is 16.8 Å². The van der Waals surface area contributed by atoms with Crippen LogP contribution in [0.3, 0.4) is 0 Å². The number of fused-ring (bicyclic) bond motifs is 2. The van der Waals surface area contributed by atoms with Gasteiger partial charge in [-0.1, -0.05) is 11.6 Å². The molecule has 7 rings (SSSR count). The SMILES string of the molecule is COc1cc(OC)c2c(c1)[C@]13C[C@H]4C(COC1=N2)[C@@H]1C[C@@H]3N4C/C1=C\CO. The number of benzene rings is 1. The van der Waals surface area contributed by atoms with Gasteiger partial charge in [0.25, 0.3) is 0 Å². The molecule has 6 heterocycles. The number of hydrogen-bond acceptors (Lipinski definition) is 6. The van der Waals surface area contributed by atoms with E-state index in [4.69, 9.17) is 19.2 Å². The van der Waals surface area contributed by atoms with Gasteiger partial charge < -0.3 is 19.3 Å². The van der Waals surface area contributed by atoms with Crippen LogP contribution in [0.1, 0.15) is 18.4 Å². The monoisotopic (exact) mass is 368 g/mol. The summed E-state index contributed by atoms with van der Waals surface area (Å²) in [6.07, 6.45) is 4.17. The molecular formula is C21H24N2O4. The number of aliphatic hydroxyl groups excluding tert-OH is 1. The average Bonchev–Trinajstić information content (AvgIpc) is 3.04. The minimum absolute atomic E-state index is 0.123. The van der Waals surface area contributed by atoms with Gasteiger partial charge in [-0.05, 0) is 24.8 Å². The largest absolute Gasteiger partial charge is 0.497 e. The third kappa shape index (κ3) is 1.76. The van der Waals surface area contributed by atoms with Gasteiger partial charge in [-0.15, -0.1) is 0 Å². The molecule has 5 fully saturated rings. The summed E-state index contributed by atoms with van der Waals surface area (Å²) in [5.74, 6) is 3.42. The Morgan fingerprint density at radius 3 is 3.04 bits per heavy atom. The van der Waals surface area contributed by atoms with Gasteiger partial charge in [0.15, 0.2) is 0 Å². The van der Waals surface area contributed by atoms with Crippen molar-refractivity contribution in [1.29, 1.82) is 0 Å². The van der Waals surface area contributed by atoms with Crippen LogP contribution in [0.15, 0.2) is 28.8 Å². The number of methoxy groups -OCH3 is 2. The Hall–Kier alpha value is -2.05. The van der Waals surface area contributed by atoms with Crippen molar-refractivity contribution >= 4 is 11.6 Å². The first-order valence-electron chi connectivity index (χ1n) is 9.75. The molecule has 6 atom stereocenters. The molecular weight excluding hydrogens is 344 g/mol. The highest BCUT2D eigenvalue weighted by Crippen LogP contribution is 2.64. The predicted octanol–water partition coefficient (Wildman–Crippen LogP) is 2.03. The second kappa shape index (κ2) is 5.26. The third-order valence-electron chi connectivity index (χ3n) is 7.60. The number of aliphatic imine (C=N–C) groups is 1. The van der Waals surface area contributed by atoms with E-state index in [-0.39, 0.29) is 12.0 Å². The molecule has 6 aliphatic heterocycles. The first kappa shape index (κ1) is 16.0. The van der Waals surface area contributed by atoms with E-state index in [1.807, 2.05) is 12.1 Å². The third-order valence-corrected chi connectivity index (χ3v) is 7.60. The van der Waals surface area contributed by atoms with Crippen molar-refractivity contribution in [2.75, 3.05) is 34.0 Å². The van der Waals surface area contributed by atoms with Crippen molar-refractivity contribution in [3.8, 4) is 11.5 Å². The molecule has 1 spiro atoms. The Morgan fingerprint density at radius 2 is 2.26 bits per heavy atom. The lowest BCUT2D eigenvalue weighted by molar-refractivity contribution is -0.0154. The summed E-state index contributed by atoms with van der Waals surface area (Å²) >= 11 is 0. The number of rotatable bonds is 3. The lowest BCUT2D eigenvalue weighted by Crippen LogP contribution is -2.61. The molecule has 1 N–H and O–H groups in total. The van der Waals surface area contributed by atoms with E-state index in [0.29, 0.717) is 30.5 Å². The van der Waals surface area contributed by atoms with Gasteiger partial charge in [0.05, 0.1) is 32.8 Å². The number of piperidine rings is 3. The molecule has 0 radical (unpaired) electrons. The minimum Gasteiger partial charge on any atom is -0.497 e. The second-order valence-corrected chi connectivity index (χ2v) is 8.35. The van der Waals surface area contributed by atoms with Crippen LogP contribution in [-0.4, -0.2) is 62.0 Å². The van der Waals surface area contributed by atoms with Crippen molar-refractivity contribution in [3.05, 3.63) is 29.3 Å². The lowest BCUT2D eigenvalue weighted by Gasteiger charge is -2.54. The minimum atomic E-state index is -0.198. The maximum atomic E-state index is 9.44. The van der Waals surface area contributed by atoms with E-state index >= 15 is 0 Å². The molecule has 6 heteroatoms. The van der Waals surface area contributed by atoms with E-state index in [1.165, 1.54) is 11.1 Å². The predicted molar refractivity (Wildman–Crippen MR) is 99.9 cm³/mol. The smallest absolute Gasteiger partial charge is 0.201 e. The second-order valence-electron chi connectivity index (χ2n) is 8.35. The normalized spacial score (nSPS) is 41.1. The highest BCUT2D eigenvalue weighted by Gasteiger charge is 2.69. The van der Waals surface area contributed by atoms with E-state index < -0.39 is 0 Å². The number of hydrogen-bond donors (Lipinski definition) is 1. The van der Waals surface area contributed by atoms with E-state index in [9.17, 15) is 5.11 Å². The number of ether oxygens (including phenoxy) is 3. The Bertz CT molecular complexity index is 894. The summed E-state index contributed by atoms with van der Waals surface area (Å²) in [6, 6.07) is 4.94. The zero-order chi connectivity index (χ0) is 18.3. The highest BCUT2D eigenvalue weighted by molar-refractivity contribution is 6.00. The molecule has 5 bridgehead atoms. The molecule has 2 unspecified atom stereocenters. The molecule has 0 saturated carbocycles. The van der Waals surface area contributed by atoms with Crippen LogP contribution in [-0.2, 0) is 10.2 Å². The Morgan fingerprint density at radius 1 is 1.37 bits per heavy atom. The molecule has 6 nitrogen and oxygen atoms in total. The Labute approximate surface area is 158 Å². The Kier molecular flexibility index (Phi) is 3.11. The molecule has 0 amide bonds. The zero-order valence-corrected chi connectivity index (χ0v) is 15.6. The summed E-state index contributed by atoms with van der Waals surface area (Å²) < 4.78 is 17.6. The first-order chi connectivity index (χ1) is 13.2. The van der Waals surface area contributed by atoms with Crippen LogP contribution >= 0.6 is 0 Å². The van der Waals surface area contributed by atoms with Gasteiger partial charge in [-0.3, -0.25) is 4.90 Å². The molecule has 5 saturated heterocycles. The summed E-state index contributed by atoms with van der Waals surface area (Å²) in [4.78, 5) is 7.60. The van der Waals surface area contributed by atoms with Gasteiger partial charge in [-0.2, -0.15) is 0 Å². The standard InChI is InChI=1S/C21H24N2O4/c1-25-12-5-15-19(17(6-12)26-2)22-20-21(15)8-16-14(10-27-20)13-7-18(21)23(16)9-11(13)3-4-24/h3,5-6,13-14,16,18,24H,4,7-10H2,1-2H3/b11-3+/t13-,14?,16+,18+,21+/m1/s1. The van der Waals surface area contributed by atoms with E-state index in [1.54, 1.807) is 14.2 Å². The number of nitrogens with zero attached hydrogens (tertiary/aromatic N) is 2. The fourth-order valence-corrected chi connectivity index (χ4v) is 6.54. The van der Waals surface area contributed by atoms with Crippen LogP contribution in [0, 0.1) is 11.8 Å². The van der Waals surface area contributed by atoms with Gasteiger partial charge in [0, 0.05) is 36.2 Å². The van der Waals surface area contributed by atoms with Gasteiger partial charge in [0.1, 0.15) is 17.2 Å². The van der Waals surface area contributed by atoms with Crippen molar-refractivity contribution in [1.82, 2.24) is 4.90 Å². The van der Waals surface area contributed by atoms with Crippen molar-refractivity contribution < 1.29 is 19.3 Å². The first-order valence-corrected chi connectivity index (χ1v) is 9.75. The lowest BCUT2D eigenvalue weighted by atomic mass is 9.68. The molecule has 27 heavy (non-hydrogen) atoms. The highest BCUT2D eigenvalue weighted by atomic mass is 16.5. The topological polar surface area (TPSA) is 63.5 Å². The molecule has 6 aliphatic rings. The summed E-state index contributed by atoms with van der Waals surface area (Å²) in [6.45, 7) is 1.79. The maximum absolute atomic E-state index is 9.44. The van der Waals surface area contributed by atoms with Crippen molar-refractivity contribution in [2.45, 2.75) is 30.3 Å². The maximum Gasteiger partial charge on any atom is 0.201 e. The zero-order valence-electron chi connectivity index (χ0n) is 15.6. The average molecular weight is 368 g/mol. The van der Waals surface area contributed by atoms with Crippen molar-refractivity contribution in [3.63, 3.8) is 0 Å². The van der Waals surface area contributed by atoms with Crippen LogP contribution < -0.4 is 9.47 Å². The number of aliphatic hydroxyl groups is 1. The van der Waals surface area contributed by atoms with Gasteiger partial charge in [0.2, 0.25) is 5.90 Å². The quantitative estimate of drug-likeness (QED) is 0.827. The van der Waals surface area contributed by atoms with Crippen LogP contribution in [0.4, 0.5) is 5.69 Å². The van der Waals surface area contributed by atoms with Crippen LogP contribution in [0.5, 0.6) is 11.5 Å². The molecule has 1 aromatic carbocycles. The summed E-state index contributed by atoms with van der Waals surface area (Å²) in [5, 5.41) is 9.44. The summed E-state index contributed by atoms with van der Waals surface area (Å²) in [7, 11) is 3.38. The van der Waals surface area contributed by atoms with Crippen LogP contribution in [0.2, 0.25) is 0 Å².